The highest BCUT2D eigenvalue weighted by molar-refractivity contribution is 5.30. The Hall–Kier alpha value is -0.980. The van der Waals surface area contributed by atoms with Crippen LogP contribution in [0.3, 0.4) is 0 Å². The zero-order valence-corrected chi connectivity index (χ0v) is 15.9. The fraction of sp³-hybridized carbons (Fsp3) is 0.714. The molecule has 3 unspecified atom stereocenters. The second-order valence-corrected chi connectivity index (χ2v) is 7.45. The van der Waals surface area contributed by atoms with E-state index in [1.165, 1.54) is 18.4 Å². The molecule has 0 aromatic heterocycles. The van der Waals surface area contributed by atoms with E-state index >= 15 is 0 Å². The molecule has 1 aliphatic rings. The summed E-state index contributed by atoms with van der Waals surface area (Å²) in [4.78, 5) is 0. The predicted molar refractivity (Wildman–Crippen MR) is 97.6 cm³/mol. The number of rotatable bonds is 6. The summed E-state index contributed by atoms with van der Waals surface area (Å²) >= 11 is 0. The van der Waals surface area contributed by atoms with Gasteiger partial charge in [0.05, 0.1) is 0 Å². The van der Waals surface area contributed by atoms with E-state index in [4.69, 9.17) is 4.74 Å². The fourth-order valence-corrected chi connectivity index (χ4v) is 3.17. The van der Waals surface area contributed by atoms with Gasteiger partial charge in [0.2, 0.25) is 0 Å². The van der Waals surface area contributed by atoms with Gasteiger partial charge in [-0.25, -0.2) is 0 Å². The molecule has 1 fully saturated rings. The van der Waals surface area contributed by atoms with Gasteiger partial charge in [0.1, 0.15) is 11.9 Å². The summed E-state index contributed by atoms with van der Waals surface area (Å²) in [5.74, 6) is 3.12. The van der Waals surface area contributed by atoms with Gasteiger partial charge >= 0.3 is 0 Å². The van der Waals surface area contributed by atoms with Crippen LogP contribution in [-0.2, 0) is 0 Å². The van der Waals surface area contributed by atoms with E-state index in [1.807, 2.05) is 13.8 Å². The molecule has 2 rings (SSSR count). The van der Waals surface area contributed by atoms with Crippen molar-refractivity contribution in [2.75, 3.05) is 0 Å². The Morgan fingerprint density at radius 3 is 1.95 bits per heavy atom. The lowest BCUT2D eigenvalue weighted by Gasteiger charge is -2.18. The van der Waals surface area contributed by atoms with Crippen LogP contribution in [0.15, 0.2) is 24.3 Å². The topological polar surface area (TPSA) is 9.23 Å². The van der Waals surface area contributed by atoms with E-state index in [9.17, 15) is 0 Å². The summed E-state index contributed by atoms with van der Waals surface area (Å²) in [5.41, 5.74) is 1.79. The van der Waals surface area contributed by atoms with Gasteiger partial charge in [0.15, 0.2) is 0 Å². The molecule has 1 heteroatoms. The van der Waals surface area contributed by atoms with Gasteiger partial charge in [-0.2, -0.15) is 0 Å². The van der Waals surface area contributed by atoms with Crippen LogP contribution in [-0.4, -0.2) is 6.10 Å². The maximum atomic E-state index is 6.10. The summed E-state index contributed by atoms with van der Waals surface area (Å²) in [6.07, 6.45) is 2.86. The molecule has 3 atom stereocenters. The van der Waals surface area contributed by atoms with Crippen molar-refractivity contribution >= 4 is 0 Å². The summed E-state index contributed by atoms with van der Waals surface area (Å²) in [6.45, 7) is 17.7. The number of hydrogen-bond donors (Lipinski definition) is 0. The minimum absolute atomic E-state index is 0.336. The fourth-order valence-electron chi connectivity index (χ4n) is 3.17. The normalized spacial score (nSPS) is 23.5. The molecule has 1 aromatic carbocycles. The Labute approximate surface area is 138 Å². The first-order valence-corrected chi connectivity index (χ1v) is 9.12. The van der Waals surface area contributed by atoms with Gasteiger partial charge in [-0.1, -0.05) is 67.5 Å². The Kier molecular flexibility index (Phi) is 6.97. The zero-order chi connectivity index (χ0) is 16.9. The van der Waals surface area contributed by atoms with Crippen molar-refractivity contribution in [1.82, 2.24) is 0 Å². The number of ether oxygens (including phenoxy) is 1. The highest BCUT2D eigenvalue weighted by atomic mass is 16.5. The Morgan fingerprint density at radius 1 is 1.09 bits per heavy atom. The molecule has 0 heterocycles. The third-order valence-electron chi connectivity index (χ3n) is 5.12. The van der Waals surface area contributed by atoms with Crippen LogP contribution < -0.4 is 4.74 Å². The molecule has 0 aliphatic heterocycles. The van der Waals surface area contributed by atoms with E-state index in [0.29, 0.717) is 23.4 Å². The standard InChI is InChI=1S/C19H30O.C2H6/c1-7-15(12-13(2)3)16-8-10-17(11-9-16)20-18-14(4)19(18,5)6;1-2/h8-11,13-15,18H,7,12H2,1-6H3;1-2H3. The number of benzene rings is 1. The molecule has 0 amide bonds. The van der Waals surface area contributed by atoms with Crippen LogP contribution in [0.2, 0.25) is 0 Å². The van der Waals surface area contributed by atoms with Crippen LogP contribution in [0.1, 0.15) is 79.7 Å². The molecule has 1 aliphatic carbocycles. The Morgan fingerprint density at radius 2 is 1.59 bits per heavy atom. The SMILES string of the molecule is CC.CCC(CC(C)C)c1ccc(OC2C(C)C2(C)C)cc1. The molecular formula is C21H36O. The average molecular weight is 305 g/mol. The van der Waals surface area contributed by atoms with Crippen LogP contribution in [0.5, 0.6) is 5.75 Å². The molecule has 0 spiro atoms. The van der Waals surface area contributed by atoms with Crippen LogP contribution in [0.25, 0.3) is 0 Å². The van der Waals surface area contributed by atoms with E-state index in [1.54, 1.807) is 0 Å². The van der Waals surface area contributed by atoms with E-state index < -0.39 is 0 Å². The maximum absolute atomic E-state index is 6.10. The zero-order valence-electron chi connectivity index (χ0n) is 15.9. The van der Waals surface area contributed by atoms with Crippen LogP contribution >= 0.6 is 0 Å². The summed E-state index contributed by atoms with van der Waals surface area (Å²) in [7, 11) is 0. The van der Waals surface area contributed by atoms with Crippen molar-refractivity contribution in [3.8, 4) is 5.75 Å². The Balaban J connectivity index is 0.00000116. The third kappa shape index (κ3) is 4.51. The monoisotopic (exact) mass is 304 g/mol. The number of hydrogen-bond acceptors (Lipinski definition) is 1. The van der Waals surface area contributed by atoms with Crippen molar-refractivity contribution in [3.05, 3.63) is 29.8 Å². The molecule has 1 aromatic rings. The average Bonchev–Trinajstić information content (AvgIpc) is 2.97. The quantitative estimate of drug-likeness (QED) is 0.570. The highest BCUT2D eigenvalue weighted by Gasteiger charge is 2.57. The second kappa shape index (κ2) is 8.04. The second-order valence-electron chi connectivity index (χ2n) is 7.45. The summed E-state index contributed by atoms with van der Waals surface area (Å²) in [6, 6.07) is 8.82. The van der Waals surface area contributed by atoms with Gasteiger partial charge in [-0.15, -0.1) is 0 Å². The molecular weight excluding hydrogens is 268 g/mol. The summed E-state index contributed by atoms with van der Waals surface area (Å²) in [5, 5.41) is 0. The van der Waals surface area contributed by atoms with E-state index in [2.05, 4.69) is 65.8 Å². The minimum atomic E-state index is 0.336. The lowest BCUT2D eigenvalue weighted by molar-refractivity contribution is 0.256. The maximum Gasteiger partial charge on any atom is 0.119 e. The molecule has 0 saturated heterocycles. The van der Waals surface area contributed by atoms with Crippen molar-refractivity contribution in [2.45, 2.75) is 80.3 Å². The summed E-state index contributed by atoms with van der Waals surface area (Å²) < 4.78 is 6.10. The van der Waals surface area contributed by atoms with E-state index in [-0.39, 0.29) is 0 Å². The van der Waals surface area contributed by atoms with Crippen molar-refractivity contribution in [1.29, 1.82) is 0 Å². The van der Waals surface area contributed by atoms with Gasteiger partial charge in [-0.3, -0.25) is 0 Å². The van der Waals surface area contributed by atoms with Crippen LogP contribution in [0.4, 0.5) is 0 Å². The largest absolute Gasteiger partial charge is 0.490 e. The first kappa shape index (κ1) is 19.1. The van der Waals surface area contributed by atoms with E-state index in [0.717, 1.165) is 11.7 Å². The minimum Gasteiger partial charge on any atom is -0.490 e. The van der Waals surface area contributed by atoms with Gasteiger partial charge in [0.25, 0.3) is 0 Å². The lowest BCUT2D eigenvalue weighted by atomic mass is 9.88. The molecule has 0 bridgehead atoms. The van der Waals surface area contributed by atoms with Gasteiger partial charge < -0.3 is 4.74 Å². The van der Waals surface area contributed by atoms with Crippen LogP contribution in [0, 0.1) is 17.3 Å². The molecule has 0 N–H and O–H groups in total. The van der Waals surface area contributed by atoms with Crippen molar-refractivity contribution < 1.29 is 4.74 Å². The van der Waals surface area contributed by atoms with Crippen molar-refractivity contribution in [3.63, 3.8) is 0 Å². The molecule has 126 valence electrons. The van der Waals surface area contributed by atoms with Crippen molar-refractivity contribution in [2.24, 2.45) is 17.3 Å². The van der Waals surface area contributed by atoms with Gasteiger partial charge in [0, 0.05) is 11.3 Å². The third-order valence-corrected chi connectivity index (χ3v) is 5.12. The Bertz CT molecular complexity index is 430. The smallest absolute Gasteiger partial charge is 0.119 e. The molecule has 0 radical (unpaired) electrons. The highest BCUT2D eigenvalue weighted by Crippen LogP contribution is 2.53. The lowest BCUT2D eigenvalue weighted by Crippen LogP contribution is -2.05. The molecule has 1 saturated carbocycles. The first-order chi connectivity index (χ1) is 10.4. The predicted octanol–water partition coefficient (Wildman–Crippen LogP) is 6.68. The first-order valence-electron chi connectivity index (χ1n) is 9.12. The van der Waals surface area contributed by atoms with Gasteiger partial charge in [-0.05, 0) is 42.4 Å². The molecule has 22 heavy (non-hydrogen) atoms. The molecule has 1 nitrogen and oxygen atoms in total.